The molecule has 0 aliphatic heterocycles. The molecule has 2 rings (SSSR count). The summed E-state index contributed by atoms with van der Waals surface area (Å²) in [6.07, 6.45) is 2.82. The minimum atomic E-state index is -0.500. The highest BCUT2D eigenvalue weighted by molar-refractivity contribution is 9.10. The fourth-order valence-corrected chi connectivity index (χ4v) is 2.46. The quantitative estimate of drug-likeness (QED) is 0.320. The fourth-order valence-electron chi connectivity index (χ4n) is 1.87. The molecule has 0 N–H and O–H groups in total. The number of carbonyl (C=O) groups is 1. The molecular formula is C17H14BrNO5. The van der Waals surface area contributed by atoms with E-state index in [9.17, 15) is 14.9 Å². The highest BCUT2D eigenvalue weighted by atomic mass is 79.9. The van der Waals surface area contributed by atoms with Crippen LogP contribution in [0.4, 0.5) is 5.69 Å². The summed E-state index contributed by atoms with van der Waals surface area (Å²) in [6, 6.07) is 11.3. The maximum atomic E-state index is 11.7. The van der Waals surface area contributed by atoms with E-state index in [0.29, 0.717) is 11.3 Å². The molecule has 7 heteroatoms. The SMILES string of the molecule is COc1ccc(COC(=O)/C=C/c2ccc([N+](=O)[O-])cc2)cc1Br. The van der Waals surface area contributed by atoms with Crippen LogP contribution in [0.25, 0.3) is 6.08 Å². The Morgan fingerprint density at radius 1 is 1.25 bits per heavy atom. The molecule has 6 nitrogen and oxygen atoms in total. The van der Waals surface area contributed by atoms with Crippen LogP contribution in [0.5, 0.6) is 5.75 Å². The summed E-state index contributed by atoms with van der Waals surface area (Å²) in [5, 5.41) is 10.6. The van der Waals surface area contributed by atoms with Crippen LogP contribution in [0.3, 0.4) is 0 Å². The number of esters is 1. The smallest absolute Gasteiger partial charge is 0.331 e. The second kappa shape index (κ2) is 8.26. The Morgan fingerprint density at radius 3 is 2.54 bits per heavy atom. The topological polar surface area (TPSA) is 78.7 Å². The van der Waals surface area contributed by atoms with Gasteiger partial charge < -0.3 is 9.47 Å². The van der Waals surface area contributed by atoms with Crippen molar-refractivity contribution < 1.29 is 19.2 Å². The van der Waals surface area contributed by atoms with E-state index in [-0.39, 0.29) is 12.3 Å². The van der Waals surface area contributed by atoms with Gasteiger partial charge in [0.2, 0.25) is 0 Å². The normalized spacial score (nSPS) is 10.6. The molecule has 0 unspecified atom stereocenters. The molecule has 2 aromatic rings. The summed E-state index contributed by atoms with van der Waals surface area (Å²) in [4.78, 5) is 21.8. The summed E-state index contributed by atoms with van der Waals surface area (Å²) in [5.74, 6) is 0.198. The molecule has 0 spiro atoms. The lowest BCUT2D eigenvalue weighted by Gasteiger charge is -2.06. The monoisotopic (exact) mass is 391 g/mol. The lowest BCUT2D eigenvalue weighted by atomic mass is 10.2. The van der Waals surface area contributed by atoms with Gasteiger partial charge in [0, 0.05) is 18.2 Å². The highest BCUT2D eigenvalue weighted by Gasteiger charge is 2.05. The van der Waals surface area contributed by atoms with E-state index in [1.165, 1.54) is 24.3 Å². The Bertz CT molecular complexity index is 771. The van der Waals surface area contributed by atoms with E-state index >= 15 is 0 Å². The van der Waals surface area contributed by atoms with Gasteiger partial charge in [0.1, 0.15) is 12.4 Å². The van der Waals surface area contributed by atoms with Crippen molar-refractivity contribution in [3.05, 3.63) is 74.3 Å². The van der Waals surface area contributed by atoms with Gasteiger partial charge in [0.25, 0.3) is 5.69 Å². The fraction of sp³-hybridized carbons (Fsp3) is 0.118. The molecule has 124 valence electrons. The van der Waals surface area contributed by atoms with Crippen molar-refractivity contribution in [2.45, 2.75) is 6.61 Å². The van der Waals surface area contributed by atoms with Crippen LogP contribution in [0.15, 0.2) is 53.0 Å². The van der Waals surface area contributed by atoms with E-state index in [1.54, 1.807) is 31.4 Å². The number of methoxy groups -OCH3 is 1. The molecule has 0 radical (unpaired) electrons. The molecular weight excluding hydrogens is 378 g/mol. The van der Waals surface area contributed by atoms with Crippen molar-refractivity contribution >= 4 is 33.7 Å². The van der Waals surface area contributed by atoms with E-state index in [1.807, 2.05) is 6.07 Å². The largest absolute Gasteiger partial charge is 0.496 e. The zero-order chi connectivity index (χ0) is 17.5. The minimum Gasteiger partial charge on any atom is -0.496 e. The second-order valence-corrected chi connectivity index (χ2v) is 5.61. The first kappa shape index (κ1) is 17.7. The highest BCUT2D eigenvalue weighted by Crippen LogP contribution is 2.25. The molecule has 0 saturated heterocycles. The average molecular weight is 392 g/mol. The van der Waals surface area contributed by atoms with Gasteiger partial charge in [-0.05, 0) is 57.4 Å². The van der Waals surface area contributed by atoms with Crippen LogP contribution < -0.4 is 4.74 Å². The first-order chi connectivity index (χ1) is 11.5. The maximum absolute atomic E-state index is 11.7. The molecule has 0 aromatic heterocycles. The van der Waals surface area contributed by atoms with Gasteiger partial charge in [-0.3, -0.25) is 10.1 Å². The Labute approximate surface area is 147 Å². The second-order valence-electron chi connectivity index (χ2n) is 4.76. The van der Waals surface area contributed by atoms with Crippen LogP contribution in [0.2, 0.25) is 0 Å². The molecule has 0 saturated carbocycles. The number of nitro groups is 1. The van der Waals surface area contributed by atoms with Gasteiger partial charge in [-0.1, -0.05) is 6.07 Å². The summed E-state index contributed by atoms with van der Waals surface area (Å²) in [6.45, 7) is 0.131. The van der Waals surface area contributed by atoms with Crippen molar-refractivity contribution in [1.29, 1.82) is 0 Å². The zero-order valence-corrected chi connectivity index (χ0v) is 14.4. The predicted octanol–water partition coefficient (Wildman–Crippen LogP) is 4.12. The van der Waals surface area contributed by atoms with E-state index in [2.05, 4.69) is 15.9 Å². The Kier molecular flexibility index (Phi) is 6.08. The number of carbonyl (C=O) groups excluding carboxylic acids is 1. The van der Waals surface area contributed by atoms with Gasteiger partial charge in [-0.25, -0.2) is 4.79 Å². The number of ether oxygens (including phenoxy) is 2. The third kappa shape index (κ3) is 4.92. The number of nitrogens with zero attached hydrogens (tertiary/aromatic N) is 1. The van der Waals surface area contributed by atoms with Crippen molar-refractivity contribution in [2.75, 3.05) is 7.11 Å². The zero-order valence-electron chi connectivity index (χ0n) is 12.8. The molecule has 0 fully saturated rings. The first-order valence-electron chi connectivity index (χ1n) is 6.91. The van der Waals surface area contributed by atoms with Gasteiger partial charge in [-0.15, -0.1) is 0 Å². The first-order valence-corrected chi connectivity index (χ1v) is 7.70. The Balaban J connectivity index is 1.90. The molecule has 0 amide bonds. The number of non-ortho nitro benzene ring substituents is 1. The maximum Gasteiger partial charge on any atom is 0.331 e. The summed E-state index contributed by atoms with van der Waals surface area (Å²) < 4.78 is 11.1. The number of nitro benzene ring substituents is 1. The molecule has 0 bridgehead atoms. The third-order valence-electron chi connectivity index (χ3n) is 3.11. The molecule has 0 heterocycles. The summed E-state index contributed by atoms with van der Waals surface area (Å²) in [7, 11) is 1.57. The van der Waals surface area contributed by atoms with Crippen LogP contribution in [-0.2, 0) is 16.1 Å². The number of hydrogen-bond acceptors (Lipinski definition) is 5. The van der Waals surface area contributed by atoms with Crippen LogP contribution in [0, 0.1) is 10.1 Å². The average Bonchev–Trinajstić information content (AvgIpc) is 2.58. The minimum absolute atomic E-state index is 0.000177. The lowest BCUT2D eigenvalue weighted by Crippen LogP contribution is -2.01. The van der Waals surface area contributed by atoms with Gasteiger partial charge in [-0.2, -0.15) is 0 Å². The molecule has 0 aliphatic rings. The Morgan fingerprint density at radius 2 is 1.96 bits per heavy atom. The van der Waals surface area contributed by atoms with E-state index < -0.39 is 10.9 Å². The van der Waals surface area contributed by atoms with Crippen molar-refractivity contribution in [3.8, 4) is 5.75 Å². The molecule has 0 aliphatic carbocycles. The van der Waals surface area contributed by atoms with Gasteiger partial charge in [0.15, 0.2) is 0 Å². The van der Waals surface area contributed by atoms with E-state index in [4.69, 9.17) is 9.47 Å². The standard InChI is InChI=1S/C17H14BrNO5/c1-23-16-8-4-13(10-15(16)18)11-24-17(20)9-5-12-2-6-14(7-3-12)19(21)22/h2-10H,11H2,1H3/b9-5+. The number of rotatable bonds is 6. The number of hydrogen-bond donors (Lipinski definition) is 0. The van der Waals surface area contributed by atoms with E-state index in [0.717, 1.165) is 10.0 Å². The lowest BCUT2D eigenvalue weighted by molar-refractivity contribution is -0.384. The Hall–Kier alpha value is -2.67. The third-order valence-corrected chi connectivity index (χ3v) is 3.73. The molecule has 2 aromatic carbocycles. The number of halogens is 1. The number of benzene rings is 2. The van der Waals surface area contributed by atoms with Crippen molar-refractivity contribution in [2.24, 2.45) is 0 Å². The van der Waals surface area contributed by atoms with Crippen LogP contribution in [-0.4, -0.2) is 18.0 Å². The molecule has 0 atom stereocenters. The van der Waals surface area contributed by atoms with Crippen molar-refractivity contribution in [1.82, 2.24) is 0 Å². The van der Waals surface area contributed by atoms with Gasteiger partial charge in [0.05, 0.1) is 16.5 Å². The van der Waals surface area contributed by atoms with Crippen LogP contribution >= 0.6 is 15.9 Å². The summed E-state index contributed by atoms with van der Waals surface area (Å²) in [5.41, 5.74) is 1.49. The molecule has 24 heavy (non-hydrogen) atoms. The predicted molar refractivity (Wildman–Crippen MR) is 92.6 cm³/mol. The van der Waals surface area contributed by atoms with Crippen molar-refractivity contribution in [3.63, 3.8) is 0 Å². The van der Waals surface area contributed by atoms with Crippen LogP contribution in [0.1, 0.15) is 11.1 Å². The summed E-state index contributed by atoms with van der Waals surface area (Å²) >= 11 is 3.36. The van der Waals surface area contributed by atoms with Gasteiger partial charge >= 0.3 is 5.97 Å².